The SMILES string of the molecule is CC(C)C1N(S(=O)(=O)c2ccc(F)cc2)c2ccc(C(=O)NCc3ccccc3C(F)(F)F)c(F)c2C12CCS(=N)(=O)CC2. The number of alkyl halides is 3. The molecular formula is C30H30F5N3O4S2. The van der Waals surface area contributed by atoms with Crippen molar-refractivity contribution in [2.24, 2.45) is 5.92 Å². The van der Waals surface area contributed by atoms with E-state index in [1.165, 1.54) is 24.3 Å². The molecule has 2 aliphatic rings. The Morgan fingerprint density at radius 1 is 1.05 bits per heavy atom. The number of carbonyl (C=O) groups is 1. The van der Waals surface area contributed by atoms with Crippen LogP contribution in [0.4, 0.5) is 27.6 Å². The molecule has 14 heteroatoms. The van der Waals surface area contributed by atoms with Crippen LogP contribution in [0.5, 0.6) is 0 Å². The van der Waals surface area contributed by atoms with E-state index in [-0.39, 0.29) is 46.1 Å². The van der Waals surface area contributed by atoms with Crippen LogP contribution >= 0.6 is 0 Å². The van der Waals surface area contributed by atoms with Crippen molar-refractivity contribution in [1.29, 1.82) is 4.78 Å². The third-order valence-corrected chi connectivity index (χ3v) is 12.0. The Balaban J connectivity index is 1.62. The number of rotatable bonds is 6. The third kappa shape index (κ3) is 5.46. The van der Waals surface area contributed by atoms with Crippen molar-refractivity contribution in [2.45, 2.75) is 55.8 Å². The van der Waals surface area contributed by atoms with Gasteiger partial charge in [-0.1, -0.05) is 32.0 Å². The number of fused-ring (bicyclic) bond motifs is 2. The summed E-state index contributed by atoms with van der Waals surface area (Å²) in [6.07, 6.45) is -4.67. The Bertz CT molecular complexity index is 1810. The van der Waals surface area contributed by atoms with E-state index in [0.717, 1.165) is 40.7 Å². The molecule has 0 radical (unpaired) electrons. The van der Waals surface area contributed by atoms with Crippen LogP contribution in [0, 0.1) is 22.3 Å². The lowest BCUT2D eigenvalue weighted by molar-refractivity contribution is -0.138. The van der Waals surface area contributed by atoms with Crippen LogP contribution in [-0.4, -0.2) is 36.1 Å². The summed E-state index contributed by atoms with van der Waals surface area (Å²) in [5.74, 6) is -3.36. The van der Waals surface area contributed by atoms with Crippen molar-refractivity contribution < 1.29 is 39.4 Å². The van der Waals surface area contributed by atoms with Crippen LogP contribution < -0.4 is 9.62 Å². The maximum atomic E-state index is 16.7. The van der Waals surface area contributed by atoms with Crippen LogP contribution in [0.2, 0.25) is 0 Å². The van der Waals surface area contributed by atoms with Crippen LogP contribution in [0.15, 0.2) is 65.6 Å². The zero-order valence-corrected chi connectivity index (χ0v) is 25.4. The molecule has 3 aromatic carbocycles. The van der Waals surface area contributed by atoms with Gasteiger partial charge in [-0.3, -0.25) is 13.9 Å². The molecule has 0 aliphatic carbocycles. The highest BCUT2D eigenvalue weighted by Crippen LogP contribution is 2.56. The van der Waals surface area contributed by atoms with Crippen molar-refractivity contribution in [3.8, 4) is 0 Å². The lowest BCUT2D eigenvalue weighted by Gasteiger charge is -2.44. The molecule has 1 unspecified atom stereocenters. The van der Waals surface area contributed by atoms with E-state index in [2.05, 4.69) is 5.32 Å². The molecule has 44 heavy (non-hydrogen) atoms. The van der Waals surface area contributed by atoms with E-state index in [1.807, 2.05) is 0 Å². The second kappa shape index (κ2) is 11.1. The van der Waals surface area contributed by atoms with Gasteiger partial charge in [-0.15, -0.1) is 0 Å². The van der Waals surface area contributed by atoms with Crippen LogP contribution in [-0.2, 0) is 37.9 Å². The fourth-order valence-corrected chi connectivity index (χ4v) is 9.97. The number of hydrogen-bond acceptors (Lipinski definition) is 5. The summed E-state index contributed by atoms with van der Waals surface area (Å²) in [5.41, 5.74) is -3.05. The average molecular weight is 656 g/mol. The minimum Gasteiger partial charge on any atom is -0.348 e. The Kier molecular flexibility index (Phi) is 8.07. The molecule has 3 aromatic rings. The van der Waals surface area contributed by atoms with Gasteiger partial charge in [0.25, 0.3) is 15.9 Å². The first-order chi connectivity index (χ1) is 20.5. The van der Waals surface area contributed by atoms with Crippen LogP contribution in [0.1, 0.15) is 53.7 Å². The van der Waals surface area contributed by atoms with Gasteiger partial charge in [0.2, 0.25) is 0 Å². The first-order valence-electron chi connectivity index (χ1n) is 13.8. The highest BCUT2D eigenvalue weighted by atomic mass is 32.2. The quantitative estimate of drug-likeness (QED) is 0.307. The van der Waals surface area contributed by atoms with E-state index in [0.29, 0.717) is 0 Å². The van der Waals surface area contributed by atoms with Gasteiger partial charge >= 0.3 is 6.18 Å². The first kappa shape index (κ1) is 31.9. The molecule has 0 saturated carbocycles. The Labute approximate surface area is 252 Å². The molecule has 1 atom stereocenters. The van der Waals surface area contributed by atoms with Gasteiger partial charge in [0.15, 0.2) is 0 Å². The molecule has 0 bridgehead atoms. The number of nitrogens with zero attached hydrogens (tertiary/aromatic N) is 1. The number of amides is 1. The average Bonchev–Trinajstić information content (AvgIpc) is 3.25. The molecule has 0 aromatic heterocycles. The molecule has 1 saturated heterocycles. The van der Waals surface area contributed by atoms with Crippen molar-refractivity contribution in [1.82, 2.24) is 5.32 Å². The summed E-state index contributed by atoms with van der Waals surface area (Å²) in [6.45, 7) is 2.96. The third-order valence-electron chi connectivity index (χ3n) is 8.44. The number of carbonyl (C=O) groups excluding carboxylic acids is 1. The van der Waals surface area contributed by atoms with Crippen LogP contribution in [0.25, 0.3) is 0 Å². The molecule has 1 amide bonds. The minimum absolute atomic E-state index is 0.00156. The molecule has 1 fully saturated rings. The summed E-state index contributed by atoms with van der Waals surface area (Å²) in [6, 6.07) is 10.3. The standard InChI is InChI=1S/C30H30F5N3O4S2/c1-18(2)27-29(13-15-43(36,40)16-14-29)25-24(38(27)44(41,42)21-9-7-20(31)8-10-21)12-11-22(26(25)32)28(39)37-17-19-5-3-4-6-23(19)30(33,34)35/h3-12,18,27,36H,13-17H2,1-2H3,(H,37,39). The lowest BCUT2D eigenvalue weighted by atomic mass is 9.68. The summed E-state index contributed by atoms with van der Waals surface area (Å²) in [5, 5.41) is 2.35. The number of benzene rings is 3. The topological polar surface area (TPSA) is 107 Å². The lowest BCUT2D eigenvalue weighted by Crippen LogP contribution is -2.53. The Morgan fingerprint density at radius 3 is 2.25 bits per heavy atom. The number of anilines is 1. The largest absolute Gasteiger partial charge is 0.416 e. The molecule has 2 N–H and O–H groups in total. The zero-order valence-electron chi connectivity index (χ0n) is 23.8. The van der Waals surface area contributed by atoms with Gasteiger partial charge < -0.3 is 5.32 Å². The minimum atomic E-state index is -4.67. The van der Waals surface area contributed by atoms with Gasteiger partial charge in [0, 0.05) is 38.8 Å². The molecule has 7 nitrogen and oxygen atoms in total. The maximum Gasteiger partial charge on any atom is 0.416 e. The highest BCUT2D eigenvalue weighted by molar-refractivity contribution is 7.93. The molecule has 2 aliphatic heterocycles. The summed E-state index contributed by atoms with van der Waals surface area (Å²) in [4.78, 5) is 13.0. The Hall–Kier alpha value is -3.52. The first-order valence-corrected chi connectivity index (χ1v) is 17.1. The van der Waals surface area contributed by atoms with E-state index in [1.54, 1.807) is 13.8 Å². The second-order valence-corrected chi connectivity index (χ2v) is 15.7. The predicted octanol–water partition coefficient (Wildman–Crippen LogP) is 6.23. The van der Waals surface area contributed by atoms with Crippen molar-refractivity contribution >= 4 is 31.3 Å². The van der Waals surface area contributed by atoms with Crippen LogP contribution in [0.3, 0.4) is 0 Å². The molecular weight excluding hydrogens is 625 g/mol. The van der Waals surface area contributed by atoms with Crippen molar-refractivity contribution in [2.75, 3.05) is 15.8 Å². The van der Waals surface area contributed by atoms with Crippen molar-refractivity contribution in [3.63, 3.8) is 0 Å². The van der Waals surface area contributed by atoms with E-state index < -0.39 is 78.5 Å². The second-order valence-electron chi connectivity index (χ2n) is 11.5. The highest BCUT2D eigenvalue weighted by Gasteiger charge is 2.58. The van der Waals surface area contributed by atoms with Crippen molar-refractivity contribution in [3.05, 3.63) is 94.6 Å². The van der Waals surface area contributed by atoms with Gasteiger partial charge in [0.05, 0.1) is 27.8 Å². The van der Waals surface area contributed by atoms with Gasteiger partial charge in [0.1, 0.15) is 11.6 Å². The number of nitrogens with one attached hydrogen (secondary N) is 2. The van der Waals surface area contributed by atoms with E-state index in [9.17, 15) is 35.0 Å². The van der Waals surface area contributed by atoms with Gasteiger partial charge in [-0.2, -0.15) is 13.2 Å². The molecule has 5 rings (SSSR count). The zero-order chi connectivity index (χ0) is 32.2. The van der Waals surface area contributed by atoms with Gasteiger partial charge in [-0.25, -0.2) is 21.4 Å². The predicted molar refractivity (Wildman–Crippen MR) is 155 cm³/mol. The normalized spacial score (nSPS) is 23.6. The maximum absolute atomic E-state index is 16.7. The Morgan fingerprint density at radius 2 is 1.66 bits per heavy atom. The molecule has 2 heterocycles. The van der Waals surface area contributed by atoms with Gasteiger partial charge in [-0.05, 0) is 66.8 Å². The number of hydrogen-bond donors (Lipinski definition) is 2. The smallest absolute Gasteiger partial charge is 0.348 e. The molecule has 1 spiro atoms. The van der Waals surface area contributed by atoms with E-state index >= 15 is 4.39 Å². The summed E-state index contributed by atoms with van der Waals surface area (Å²) >= 11 is 0. The number of sulfonamides is 1. The fraction of sp³-hybridized carbons (Fsp3) is 0.367. The summed E-state index contributed by atoms with van der Waals surface area (Å²) in [7, 11) is -7.41. The summed E-state index contributed by atoms with van der Waals surface area (Å²) < 4.78 is 121. The monoisotopic (exact) mass is 655 g/mol. The number of halogens is 5. The molecule has 236 valence electrons. The van der Waals surface area contributed by atoms with E-state index in [4.69, 9.17) is 4.78 Å². The fourth-order valence-electron chi connectivity index (χ4n) is 6.52.